The number of rotatable bonds is 15. The van der Waals surface area contributed by atoms with E-state index in [2.05, 4.69) is 16.0 Å². The Morgan fingerprint density at radius 2 is 1.44 bits per heavy atom. The van der Waals surface area contributed by atoms with E-state index < -0.39 is 72.1 Å². The summed E-state index contributed by atoms with van der Waals surface area (Å²) < 4.78 is 72.5. The van der Waals surface area contributed by atoms with Crippen LogP contribution in [0.3, 0.4) is 0 Å². The van der Waals surface area contributed by atoms with E-state index in [4.69, 9.17) is 16.3 Å². The second-order valence-corrected chi connectivity index (χ2v) is 11.8. The number of ketones is 1. The van der Waals surface area contributed by atoms with Gasteiger partial charge in [0.2, 0.25) is 17.6 Å². The Hall–Kier alpha value is -5.05. The average Bonchev–Trinajstić information content (AvgIpc) is 3.07. The molecule has 268 valence electrons. The van der Waals surface area contributed by atoms with E-state index in [0.717, 1.165) is 5.32 Å². The lowest BCUT2D eigenvalue weighted by molar-refractivity contribution is -0.165. The topological polar surface area (TPSA) is 143 Å². The van der Waals surface area contributed by atoms with E-state index in [-0.39, 0.29) is 17.5 Å². The lowest BCUT2D eigenvalue weighted by Gasteiger charge is -2.28. The number of benzene rings is 3. The molecule has 0 heterocycles. The number of carbonyl (C=O) groups is 5. The van der Waals surface area contributed by atoms with Crippen molar-refractivity contribution in [3.05, 3.63) is 101 Å². The predicted octanol–water partition coefficient (Wildman–Crippen LogP) is 4.57. The van der Waals surface area contributed by atoms with Crippen LogP contribution in [-0.4, -0.2) is 67.2 Å². The maximum absolute atomic E-state index is 14.9. The molecule has 16 heteroatoms. The van der Waals surface area contributed by atoms with Crippen LogP contribution in [-0.2, 0) is 25.6 Å². The van der Waals surface area contributed by atoms with Crippen molar-refractivity contribution in [1.29, 1.82) is 0 Å². The normalized spacial score (nSPS) is 13.4. The molecule has 0 aliphatic rings. The van der Waals surface area contributed by atoms with Crippen molar-refractivity contribution in [3.63, 3.8) is 0 Å². The Morgan fingerprint density at radius 3 is 2.00 bits per heavy atom. The first kappa shape index (κ1) is 39.4. The van der Waals surface area contributed by atoms with Crippen LogP contribution < -0.4 is 26.0 Å². The fraction of sp³-hybridized carbons (Fsp3) is 0.324. The van der Waals surface area contributed by atoms with E-state index in [1.165, 1.54) is 57.4 Å². The number of hydrogen-bond acceptors (Lipinski definition) is 6. The number of nitrogens with one attached hydrogen (secondary N) is 4. The van der Waals surface area contributed by atoms with E-state index in [1.807, 2.05) is 0 Å². The highest BCUT2D eigenvalue weighted by Crippen LogP contribution is 2.24. The van der Waals surface area contributed by atoms with Crippen molar-refractivity contribution < 1.29 is 50.7 Å². The van der Waals surface area contributed by atoms with Crippen LogP contribution >= 0.6 is 11.6 Å². The molecule has 0 saturated carbocycles. The molecule has 4 N–H and O–H groups in total. The van der Waals surface area contributed by atoms with Gasteiger partial charge in [-0.1, -0.05) is 67.9 Å². The first-order valence-corrected chi connectivity index (χ1v) is 15.4. The van der Waals surface area contributed by atoms with Crippen molar-refractivity contribution in [1.82, 2.24) is 21.3 Å². The van der Waals surface area contributed by atoms with E-state index in [1.54, 1.807) is 42.5 Å². The van der Waals surface area contributed by atoms with Gasteiger partial charge in [0.15, 0.2) is 0 Å². The van der Waals surface area contributed by atoms with Gasteiger partial charge in [0.25, 0.3) is 11.8 Å². The summed E-state index contributed by atoms with van der Waals surface area (Å²) in [6.07, 6.45) is -5.14. The zero-order valence-electron chi connectivity index (χ0n) is 26.9. The van der Waals surface area contributed by atoms with Crippen molar-refractivity contribution in [3.8, 4) is 5.75 Å². The van der Waals surface area contributed by atoms with Gasteiger partial charge in [-0.2, -0.15) is 22.0 Å². The van der Waals surface area contributed by atoms with E-state index in [9.17, 15) is 45.9 Å². The Bertz CT molecular complexity index is 1670. The maximum Gasteiger partial charge on any atom is 0.405 e. The van der Waals surface area contributed by atoms with Crippen molar-refractivity contribution in [2.75, 3.05) is 13.7 Å². The number of Topliss-reactive ketones (excluding diaryl/α,β-unsaturated/α-hetero) is 1. The Morgan fingerprint density at radius 1 is 0.800 bits per heavy atom. The minimum atomic E-state index is -5.03. The summed E-state index contributed by atoms with van der Waals surface area (Å²) in [5.74, 6) is -13.1. The van der Waals surface area contributed by atoms with Gasteiger partial charge in [0.05, 0.1) is 13.2 Å². The minimum absolute atomic E-state index is 0.0946. The molecular formula is C34H34ClF5N4O6. The number of amides is 4. The zero-order valence-corrected chi connectivity index (χ0v) is 27.7. The number of hydrogen-bond donors (Lipinski definition) is 4. The summed E-state index contributed by atoms with van der Waals surface area (Å²) in [6.45, 7) is 0.400. The van der Waals surface area contributed by atoms with Gasteiger partial charge in [-0.05, 0) is 53.4 Å². The van der Waals surface area contributed by atoms with Gasteiger partial charge >= 0.3 is 12.1 Å². The zero-order chi connectivity index (χ0) is 37.2. The molecule has 4 amide bonds. The summed E-state index contributed by atoms with van der Waals surface area (Å²) in [5.41, 5.74) is 0.851. The third-order valence-electron chi connectivity index (χ3n) is 7.28. The predicted molar refractivity (Wildman–Crippen MR) is 173 cm³/mol. The smallest absolute Gasteiger partial charge is 0.405 e. The van der Waals surface area contributed by atoms with Crippen LogP contribution in [0.4, 0.5) is 22.0 Å². The molecule has 3 aromatic carbocycles. The Labute approximate surface area is 289 Å². The molecule has 3 atom stereocenters. The molecule has 0 aliphatic heterocycles. The summed E-state index contributed by atoms with van der Waals surface area (Å²) in [7, 11) is 1.38. The summed E-state index contributed by atoms with van der Waals surface area (Å²) in [5, 5.41) is 8.58. The highest BCUT2D eigenvalue weighted by molar-refractivity contribution is 6.30. The summed E-state index contributed by atoms with van der Waals surface area (Å²) in [6, 6.07) is 14.9. The number of ether oxygens (including phenoxy) is 1. The van der Waals surface area contributed by atoms with Gasteiger partial charge in [-0.3, -0.25) is 24.0 Å². The number of alkyl halides is 5. The van der Waals surface area contributed by atoms with Crippen LogP contribution in [0.15, 0.2) is 78.9 Å². The van der Waals surface area contributed by atoms with Crippen LogP contribution in [0.5, 0.6) is 5.75 Å². The number of halogens is 6. The summed E-state index contributed by atoms with van der Waals surface area (Å²) >= 11 is 6.12. The SMILES string of the molecule is COc1ccc(C(NC(=O)C(Cc2cccc(Cl)c2)NC(=O)c2ccccc2)C(=O)N[C@H](C(=O)C(F)(F)C(=O)NCC(F)(F)F)C(C)C)cc1. The van der Waals surface area contributed by atoms with Gasteiger partial charge < -0.3 is 26.0 Å². The molecule has 3 aromatic rings. The molecule has 2 unspecified atom stereocenters. The first-order valence-electron chi connectivity index (χ1n) is 15.0. The van der Waals surface area contributed by atoms with Crippen LogP contribution in [0.2, 0.25) is 5.02 Å². The van der Waals surface area contributed by atoms with E-state index in [0.29, 0.717) is 16.3 Å². The highest BCUT2D eigenvalue weighted by atomic mass is 35.5. The molecule has 0 aliphatic carbocycles. The summed E-state index contributed by atoms with van der Waals surface area (Å²) in [4.78, 5) is 65.6. The molecule has 0 radical (unpaired) electrons. The van der Waals surface area contributed by atoms with Gasteiger partial charge in [-0.15, -0.1) is 0 Å². The average molecular weight is 725 g/mol. The molecule has 10 nitrogen and oxygen atoms in total. The lowest BCUT2D eigenvalue weighted by atomic mass is 9.94. The molecule has 0 spiro atoms. The largest absolute Gasteiger partial charge is 0.497 e. The molecule has 0 aromatic heterocycles. The minimum Gasteiger partial charge on any atom is -0.497 e. The van der Waals surface area contributed by atoms with E-state index >= 15 is 0 Å². The Kier molecular flexibility index (Phi) is 13.4. The van der Waals surface area contributed by atoms with Crippen LogP contribution in [0.25, 0.3) is 0 Å². The first-order chi connectivity index (χ1) is 23.4. The standard InChI is InChI=1S/C34H34ClF5N4O6/c1-19(2)26(28(45)34(39,40)32(49)41-18-33(36,37)38)43-31(48)27(21-12-14-24(50-3)15-13-21)44-30(47)25(17-20-8-7-11-23(35)16-20)42-29(46)22-9-5-4-6-10-22/h4-16,19,25-27H,17-18H2,1-3H3,(H,41,49)(H,42,46)(H,43,48)(H,44,47)/t25?,26-,27?/m0/s1. The molecule has 0 fully saturated rings. The third kappa shape index (κ3) is 11.0. The molecule has 0 bridgehead atoms. The second kappa shape index (κ2) is 17.1. The second-order valence-electron chi connectivity index (χ2n) is 11.4. The van der Waals surface area contributed by atoms with Crippen LogP contribution in [0, 0.1) is 5.92 Å². The number of carbonyl (C=O) groups excluding carboxylic acids is 5. The van der Waals surface area contributed by atoms with Crippen molar-refractivity contribution in [2.45, 2.75) is 50.5 Å². The molecular weight excluding hydrogens is 691 g/mol. The fourth-order valence-electron chi connectivity index (χ4n) is 4.65. The van der Waals surface area contributed by atoms with Gasteiger partial charge in [0.1, 0.15) is 24.4 Å². The maximum atomic E-state index is 14.9. The highest BCUT2D eigenvalue weighted by Gasteiger charge is 2.52. The third-order valence-corrected chi connectivity index (χ3v) is 7.51. The van der Waals surface area contributed by atoms with Gasteiger partial charge in [-0.25, -0.2) is 0 Å². The van der Waals surface area contributed by atoms with Gasteiger partial charge in [0, 0.05) is 17.0 Å². The molecule has 50 heavy (non-hydrogen) atoms. The molecule has 0 saturated heterocycles. The van der Waals surface area contributed by atoms with Crippen molar-refractivity contribution >= 4 is 41.0 Å². The molecule has 3 rings (SSSR count). The monoisotopic (exact) mass is 724 g/mol. The van der Waals surface area contributed by atoms with Crippen molar-refractivity contribution in [2.24, 2.45) is 5.92 Å². The van der Waals surface area contributed by atoms with Crippen LogP contribution in [0.1, 0.15) is 41.4 Å². The quantitative estimate of drug-likeness (QED) is 0.134. The Balaban J connectivity index is 1.95. The lowest BCUT2D eigenvalue weighted by Crippen LogP contribution is -2.58. The number of methoxy groups -OCH3 is 1. The fourth-order valence-corrected chi connectivity index (χ4v) is 4.86.